The Morgan fingerprint density at radius 2 is 1.81 bits per heavy atom. The minimum atomic E-state index is -1.66. The van der Waals surface area contributed by atoms with Crippen LogP contribution in [0.4, 0.5) is 0 Å². The molecule has 0 aromatic rings. The monoisotopic (exact) mass is 372 g/mol. The number of hydrogen-bond donors (Lipinski definition) is 2. The summed E-state index contributed by atoms with van der Waals surface area (Å²) in [6, 6.07) is 0. The molecule has 4 aliphatic carbocycles. The van der Waals surface area contributed by atoms with Gasteiger partial charge in [-0.15, -0.1) is 0 Å². The molecule has 4 rings (SSSR count). The zero-order chi connectivity index (χ0) is 20.0. The number of aliphatic carboxylic acids is 1. The highest BCUT2D eigenvalue weighted by molar-refractivity contribution is 6.01. The van der Waals surface area contributed by atoms with E-state index in [0.29, 0.717) is 12.3 Å². The van der Waals surface area contributed by atoms with Crippen molar-refractivity contribution in [2.45, 2.75) is 65.9 Å². The van der Waals surface area contributed by atoms with Crippen molar-refractivity contribution in [3.8, 4) is 0 Å². The Morgan fingerprint density at radius 3 is 2.44 bits per heavy atom. The van der Waals surface area contributed by atoms with Crippen molar-refractivity contribution >= 4 is 11.8 Å². The van der Waals surface area contributed by atoms with E-state index < -0.39 is 17.0 Å². The molecule has 0 radical (unpaired) electrons. The van der Waals surface area contributed by atoms with Crippen LogP contribution in [-0.2, 0) is 9.59 Å². The summed E-state index contributed by atoms with van der Waals surface area (Å²) in [6.45, 7) is 10.7. The van der Waals surface area contributed by atoms with Gasteiger partial charge in [-0.1, -0.05) is 46.3 Å². The van der Waals surface area contributed by atoms with E-state index in [9.17, 15) is 19.8 Å². The molecule has 3 unspecified atom stereocenters. The first-order valence-electron chi connectivity index (χ1n) is 10.3. The summed E-state index contributed by atoms with van der Waals surface area (Å²) in [5.74, 6) is -0.491. The molecule has 4 nitrogen and oxygen atoms in total. The van der Waals surface area contributed by atoms with Crippen molar-refractivity contribution in [2.75, 3.05) is 0 Å². The SMILES string of the molecule is C[C@@H]1CC2C3CCC4=CC(=O)C=CC4(C)[C@]3(C)[C@@H](C)C[C@]2(C)[C@@]1(O)C(=O)O. The minimum Gasteiger partial charge on any atom is -0.479 e. The first-order chi connectivity index (χ1) is 12.4. The van der Waals surface area contributed by atoms with Crippen LogP contribution in [-0.4, -0.2) is 27.6 Å². The predicted molar refractivity (Wildman–Crippen MR) is 103 cm³/mol. The second-order valence-electron chi connectivity index (χ2n) is 10.4. The average molecular weight is 373 g/mol. The van der Waals surface area contributed by atoms with Crippen LogP contribution in [0.2, 0.25) is 0 Å². The maximum absolute atomic E-state index is 12.2. The molecule has 27 heavy (non-hydrogen) atoms. The van der Waals surface area contributed by atoms with E-state index in [4.69, 9.17) is 0 Å². The maximum Gasteiger partial charge on any atom is 0.336 e. The number of fused-ring (bicyclic) bond motifs is 5. The summed E-state index contributed by atoms with van der Waals surface area (Å²) in [4.78, 5) is 24.1. The first-order valence-corrected chi connectivity index (χ1v) is 10.3. The molecule has 0 aliphatic heterocycles. The van der Waals surface area contributed by atoms with Crippen LogP contribution in [0.5, 0.6) is 0 Å². The summed E-state index contributed by atoms with van der Waals surface area (Å²) in [5, 5.41) is 21.3. The summed E-state index contributed by atoms with van der Waals surface area (Å²) in [5.41, 5.74) is -1.29. The van der Waals surface area contributed by atoms with Gasteiger partial charge < -0.3 is 10.2 Å². The second kappa shape index (κ2) is 5.34. The zero-order valence-electron chi connectivity index (χ0n) is 17.1. The number of rotatable bonds is 1. The lowest BCUT2D eigenvalue weighted by Gasteiger charge is -2.66. The Morgan fingerprint density at radius 1 is 1.15 bits per heavy atom. The molecule has 148 valence electrons. The number of carbonyl (C=O) groups excluding carboxylic acids is 1. The van der Waals surface area contributed by atoms with Crippen LogP contribution < -0.4 is 0 Å². The fourth-order valence-electron chi connectivity index (χ4n) is 7.95. The molecule has 0 bridgehead atoms. The van der Waals surface area contributed by atoms with Gasteiger partial charge in [0, 0.05) is 10.8 Å². The third-order valence-electron chi connectivity index (χ3n) is 9.75. The highest BCUT2D eigenvalue weighted by Gasteiger charge is 2.73. The second-order valence-corrected chi connectivity index (χ2v) is 10.4. The van der Waals surface area contributed by atoms with Crippen LogP contribution in [0.3, 0.4) is 0 Å². The fourth-order valence-corrected chi connectivity index (χ4v) is 7.95. The van der Waals surface area contributed by atoms with E-state index in [1.807, 2.05) is 19.9 Å². The highest BCUT2D eigenvalue weighted by atomic mass is 16.4. The van der Waals surface area contributed by atoms with Crippen LogP contribution in [0, 0.1) is 39.9 Å². The lowest BCUT2D eigenvalue weighted by molar-refractivity contribution is -0.202. The number of hydrogen-bond acceptors (Lipinski definition) is 3. The number of carbonyl (C=O) groups is 2. The third-order valence-corrected chi connectivity index (χ3v) is 9.75. The molecular weight excluding hydrogens is 340 g/mol. The Labute approximate surface area is 161 Å². The lowest BCUT2D eigenvalue weighted by atomic mass is 9.38. The van der Waals surface area contributed by atoms with Gasteiger partial charge in [0.2, 0.25) is 0 Å². The van der Waals surface area contributed by atoms with Gasteiger partial charge in [0.15, 0.2) is 11.4 Å². The number of aliphatic hydroxyl groups is 1. The van der Waals surface area contributed by atoms with Crippen LogP contribution >= 0.6 is 0 Å². The Hall–Kier alpha value is -1.42. The van der Waals surface area contributed by atoms with Crippen LogP contribution in [0.25, 0.3) is 0 Å². The van der Waals surface area contributed by atoms with E-state index in [0.717, 1.165) is 19.3 Å². The van der Waals surface area contributed by atoms with Gasteiger partial charge in [0.1, 0.15) is 0 Å². The summed E-state index contributed by atoms with van der Waals surface area (Å²) in [7, 11) is 0. The predicted octanol–water partition coefficient (Wildman–Crippen LogP) is 3.99. The fraction of sp³-hybridized carbons (Fsp3) is 0.739. The van der Waals surface area contributed by atoms with Gasteiger partial charge in [-0.2, -0.15) is 0 Å². The Bertz CT molecular complexity index is 781. The zero-order valence-corrected chi connectivity index (χ0v) is 17.1. The van der Waals surface area contributed by atoms with Crippen molar-refractivity contribution in [3.63, 3.8) is 0 Å². The number of carboxylic acid groups (broad SMARTS) is 1. The van der Waals surface area contributed by atoms with E-state index in [1.165, 1.54) is 5.57 Å². The number of carboxylic acids is 1. The minimum absolute atomic E-state index is 0.0536. The standard InChI is InChI=1S/C23H32O4/c1-13-10-18-17-7-6-15-11-16(24)8-9-20(15,3)22(17,5)14(2)12-21(18,4)23(13,27)19(25)26/h8-9,11,13-14,17-18,27H,6-7,10,12H2,1-5H3,(H,25,26)/t13-,14+,17?,18?,20?,21+,22-,23+/m1/s1. The van der Waals surface area contributed by atoms with E-state index in [2.05, 4.69) is 26.8 Å². The van der Waals surface area contributed by atoms with Gasteiger partial charge >= 0.3 is 5.97 Å². The lowest BCUT2D eigenvalue weighted by Crippen LogP contribution is -2.64. The molecule has 0 amide bonds. The number of ketones is 1. The normalized spacial score (nSPS) is 54.0. The summed E-state index contributed by atoms with van der Waals surface area (Å²) >= 11 is 0. The summed E-state index contributed by atoms with van der Waals surface area (Å²) in [6.07, 6.45) is 8.94. The van der Waals surface area contributed by atoms with Gasteiger partial charge in [0.25, 0.3) is 0 Å². The largest absolute Gasteiger partial charge is 0.479 e. The van der Waals surface area contributed by atoms with Gasteiger partial charge in [-0.05, 0) is 66.9 Å². The molecule has 0 spiro atoms. The van der Waals surface area contributed by atoms with E-state index in [-0.39, 0.29) is 34.4 Å². The van der Waals surface area contributed by atoms with Gasteiger partial charge in [0.05, 0.1) is 0 Å². The molecule has 4 aliphatic rings. The van der Waals surface area contributed by atoms with Crippen LogP contribution in [0.15, 0.2) is 23.8 Å². The smallest absolute Gasteiger partial charge is 0.336 e. The Kier molecular flexibility index (Phi) is 3.74. The first kappa shape index (κ1) is 18.9. The van der Waals surface area contributed by atoms with Crippen molar-refractivity contribution in [1.82, 2.24) is 0 Å². The molecule has 3 fully saturated rings. The number of allylic oxidation sites excluding steroid dienone is 4. The maximum atomic E-state index is 12.2. The average Bonchev–Trinajstić information content (AvgIpc) is 2.79. The van der Waals surface area contributed by atoms with Gasteiger partial charge in [-0.3, -0.25) is 4.79 Å². The van der Waals surface area contributed by atoms with Crippen molar-refractivity contribution in [2.24, 2.45) is 39.9 Å². The van der Waals surface area contributed by atoms with Gasteiger partial charge in [-0.25, -0.2) is 4.79 Å². The molecule has 8 atom stereocenters. The van der Waals surface area contributed by atoms with Crippen molar-refractivity contribution in [1.29, 1.82) is 0 Å². The van der Waals surface area contributed by atoms with Crippen LogP contribution in [0.1, 0.15) is 60.3 Å². The van der Waals surface area contributed by atoms with Crippen molar-refractivity contribution < 1.29 is 19.8 Å². The summed E-state index contributed by atoms with van der Waals surface area (Å²) < 4.78 is 0. The van der Waals surface area contributed by atoms with E-state index >= 15 is 0 Å². The molecule has 0 aromatic heterocycles. The third kappa shape index (κ3) is 1.93. The highest BCUT2D eigenvalue weighted by Crippen LogP contribution is 2.74. The Balaban J connectivity index is 1.85. The molecule has 0 heterocycles. The molecule has 0 saturated heterocycles. The van der Waals surface area contributed by atoms with Crippen molar-refractivity contribution in [3.05, 3.63) is 23.8 Å². The quantitative estimate of drug-likeness (QED) is 0.730. The molecule has 3 saturated carbocycles. The molecular formula is C23H32O4. The van der Waals surface area contributed by atoms with E-state index in [1.54, 1.807) is 6.08 Å². The molecule has 4 heteroatoms. The topological polar surface area (TPSA) is 74.6 Å². The molecule has 2 N–H and O–H groups in total. The molecule has 0 aromatic carbocycles.